The molecule has 1 amide bonds. The second kappa shape index (κ2) is 10.3. The fourth-order valence-electron chi connectivity index (χ4n) is 3.06. The SMILES string of the molecule is CCOC(=O)CC(NC(=O)c1ccc(-c2cccc(F)c2)nc1)c1ccc(OC)cc1. The van der Waals surface area contributed by atoms with E-state index >= 15 is 0 Å². The van der Waals surface area contributed by atoms with Gasteiger partial charge in [-0.1, -0.05) is 24.3 Å². The lowest BCUT2D eigenvalue weighted by molar-refractivity contribution is -0.143. The first-order valence-electron chi connectivity index (χ1n) is 9.82. The van der Waals surface area contributed by atoms with Crippen molar-refractivity contribution in [3.05, 3.63) is 83.8 Å². The van der Waals surface area contributed by atoms with E-state index in [1.54, 1.807) is 62.6 Å². The first-order valence-corrected chi connectivity index (χ1v) is 9.82. The molecule has 1 aromatic heterocycles. The van der Waals surface area contributed by atoms with Gasteiger partial charge in [0.1, 0.15) is 11.6 Å². The molecule has 0 saturated heterocycles. The molecule has 3 aromatic rings. The van der Waals surface area contributed by atoms with Crippen LogP contribution in [0.3, 0.4) is 0 Å². The molecule has 0 radical (unpaired) electrons. The van der Waals surface area contributed by atoms with E-state index in [0.29, 0.717) is 22.6 Å². The number of aromatic nitrogens is 1. The van der Waals surface area contributed by atoms with Crippen molar-refractivity contribution in [3.63, 3.8) is 0 Å². The van der Waals surface area contributed by atoms with Crippen molar-refractivity contribution in [2.45, 2.75) is 19.4 Å². The van der Waals surface area contributed by atoms with Crippen LogP contribution in [-0.4, -0.2) is 30.6 Å². The molecule has 6 nitrogen and oxygen atoms in total. The number of halogens is 1. The fraction of sp³-hybridized carbons (Fsp3) is 0.208. The second-order valence-corrected chi connectivity index (χ2v) is 6.75. The number of nitrogens with one attached hydrogen (secondary N) is 1. The number of esters is 1. The van der Waals surface area contributed by atoms with Crippen LogP contribution in [0.25, 0.3) is 11.3 Å². The summed E-state index contributed by atoms with van der Waals surface area (Å²) in [4.78, 5) is 29.1. The van der Waals surface area contributed by atoms with Crippen molar-refractivity contribution in [3.8, 4) is 17.0 Å². The third-order valence-electron chi connectivity index (χ3n) is 4.65. The maximum Gasteiger partial charge on any atom is 0.308 e. The average Bonchev–Trinajstić information content (AvgIpc) is 2.79. The molecule has 160 valence electrons. The van der Waals surface area contributed by atoms with Gasteiger partial charge < -0.3 is 14.8 Å². The number of carbonyl (C=O) groups excluding carboxylic acids is 2. The quantitative estimate of drug-likeness (QED) is 0.547. The van der Waals surface area contributed by atoms with Gasteiger partial charge in [0.2, 0.25) is 0 Å². The zero-order chi connectivity index (χ0) is 22.2. The maximum absolute atomic E-state index is 13.4. The Labute approximate surface area is 180 Å². The van der Waals surface area contributed by atoms with Gasteiger partial charge in [0, 0.05) is 11.8 Å². The van der Waals surface area contributed by atoms with E-state index in [2.05, 4.69) is 10.3 Å². The molecule has 1 unspecified atom stereocenters. The largest absolute Gasteiger partial charge is 0.497 e. The molecule has 7 heteroatoms. The zero-order valence-corrected chi connectivity index (χ0v) is 17.3. The smallest absolute Gasteiger partial charge is 0.308 e. The molecular weight excluding hydrogens is 399 g/mol. The molecule has 3 rings (SSSR count). The number of hydrogen-bond donors (Lipinski definition) is 1. The molecule has 1 atom stereocenters. The summed E-state index contributed by atoms with van der Waals surface area (Å²) < 4.78 is 23.6. The highest BCUT2D eigenvalue weighted by molar-refractivity contribution is 5.94. The second-order valence-electron chi connectivity index (χ2n) is 6.75. The summed E-state index contributed by atoms with van der Waals surface area (Å²) in [6.45, 7) is 1.98. The van der Waals surface area contributed by atoms with Crippen LogP contribution in [0.4, 0.5) is 4.39 Å². The Balaban J connectivity index is 1.77. The predicted molar refractivity (Wildman–Crippen MR) is 114 cm³/mol. The molecule has 1 heterocycles. The van der Waals surface area contributed by atoms with Crippen molar-refractivity contribution >= 4 is 11.9 Å². The van der Waals surface area contributed by atoms with Crippen molar-refractivity contribution < 1.29 is 23.5 Å². The van der Waals surface area contributed by atoms with E-state index in [0.717, 1.165) is 5.56 Å². The van der Waals surface area contributed by atoms with Crippen molar-refractivity contribution in [1.29, 1.82) is 0 Å². The van der Waals surface area contributed by atoms with E-state index in [-0.39, 0.29) is 24.8 Å². The molecule has 31 heavy (non-hydrogen) atoms. The number of ether oxygens (including phenoxy) is 2. The minimum atomic E-state index is -0.583. The number of rotatable bonds is 8. The van der Waals surface area contributed by atoms with Gasteiger partial charge in [0.25, 0.3) is 5.91 Å². The van der Waals surface area contributed by atoms with E-state index in [1.807, 2.05) is 0 Å². The molecular formula is C24H23FN2O4. The normalized spacial score (nSPS) is 11.5. The van der Waals surface area contributed by atoms with Crippen LogP contribution in [0.5, 0.6) is 5.75 Å². The van der Waals surface area contributed by atoms with Gasteiger partial charge in [-0.3, -0.25) is 14.6 Å². The number of methoxy groups -OCH3 is 1. The van der Waals surface area contributed by atoms with Gasteiger partial charge in [0.05, 0.1) is 37.4 Å². The van der Waals surface area contributed by atoms with E-state index in [1.165, 1.54) is 18.3 Å². The van der Waals surface area contributed by atoms with Gasteiger partial charge in [-0.25, -0.2) is 4.39 Å². The average molecular weight is 422 g/mol. The summed E-state index contributed by atoms with van der Waals surface area (Å²) in [5.74, 6) is -0.490. The third-order valence-corrected chi connectivity index (χ3v) is 4.65. The van der Waals surface area contributed by atoms with Crippen LogP contribution in [-0.2, 0) is 9.53 Å². The number of amides is 1. The Bertz CT molecular complexity index is 1040. The van der Waals surface area contributed by atoms with E-state index in [9.17, 15) is 14.0 Å². The van der Waals surface area contributed by atoms with Crippen LogP contribution >= 0.6 is 0 Å². The molecule has 0 aliphatic carbocycles. The summed E-state index contributed by atoms with van der Waals surface area (Å²) >= 11 is 0. The summed E-state index contributed by atoms with van der Waals surface area (Å²) in [5, 5.41) is 2.86. The van der Waals surface area contributed by atoms with Crippen LogP contribution < -0.4 is 10.1 Å². The molecule has 1 N–H and O–H groups in total. The first kappa shape index (κ1) is 22.0. The Morgan fingerprint density at radius 3 is 2.48 bits per heavy atom. The van der Waals surface area contributed by atoms with Crippen LogP contribution in [0.2, 0.25) is 0 Å². The van der Waals surface area contributed by atoms with Gasteiger partial charge in [0.15, 0.2) is 0 Å². The van der Waals surface area contributed by atoms with Gasteiger partial charge in [-0.05, 0) is 48.9 Å². The molecule has 0 aliphatic rings. The molecule has 0 spiro atoms. The van der Waals surface area contributed by atoms with Crippen molar-refractivity contribution in [2.24, 2.45) is 0 Å². The first-order chi connectivity index (χ1) is 15.0. The lowest BCUT2D eigenvalue weighted by atomic mass is 10.0. The lowest BCUT2D eigenvalue weighted by Crippen LogP contribution is -2.30. The summed E-state index contributed by atoms with van der Waals surface area (Å²) in [6.07, 6.45) is 1.41. The molecule has 0 fully saturated rings. The van der Waals surface area contributed by atoms with Crippen LogP contribution in [0.15, 0.2) is 66.9 Å². The van der Waals surface area contributed by atoms with E-state index < -0.39 is 12.0 Å². The summed E-state index contributed by atoms with van der Waals surface area (Å²) in [6, 6.07) is 15.8. The number of pyridine rings is 1. The minimum absolute atomic E-state index is 0.0132. The standard InChI is InChI=1S/C24H23FN2O4/c1-3-31-23(28)14-22(16-7-10-20(30-2)11-8-16)27-24(29)18-9-12-21(26-15-18)17-5-4-6-19(25)13-17/h4-13,15,22H,3,14H2,1-2H3,(H,27,29). The Morgan fingerprint density at radius 1 is 1.10 bits per heavy atom. The lowest BCUT2D eigenvalue weighted by Gasteiger charge is -2.19. The Morgan fingerprint density at radius 2 is 1.87 bits per heavy atom. The monoisotopic (exact) mass is 422 g/mol. The van der Waals surface area contributed by atoms with Crippen LogP contribution in [0.1, 0.15) is 35.3 Å². The number of benzene rings is 2. The molecule has 0 saturated carbocycles. The van der Waals surface area contributed by atoms with Crippen molar-refractivity contribution in [2.75, 3.05) is 13.7 Å². The maximum atomic E-state index is 13.4. The fourth-order valence-corrected chi connectivity index (χ4v) is 3.06. The molecule has 2 aromatic carbocycles. The summed E-state index contributed by atoms with van der Waals surface area (Å²) in [5.41, 5.74) is 2.23. The van der Waals surface area contributed by atoms with Gasteiger partial charge >= 0.3 is 5.97 Å². The highest BCUT2D eigenvalue weighted by atomic mass is 19.1. The van der Waals surface area contributed by atoms with Crippen LogP contribution in [0, 0.1) is 5.82 Å². The Kier molecular flexibility index (Phi) is 7.32. The summed E-state index contributed by atoms with van der Waals surface area (Å²) in [7, 11) is 1.56. The topological polar surface area (TPSA) is 77.5 Å². The van der Waals surface area contributed by atoms with Gasteiger partial charge in [-0.15, -0.1) is 0 Å². The van der Waals surface area contributed by atoms with Crippen molar-refractivity contribution in [1.82, 2.24) is 10.3 Å². The number of carbonyl (C=O) groups is 2. The highest BCUT2D eigenvalue weighted by Gasteiger charge is 2.20. The minimum Gasteiger partial charge on any atom is -0.497 e. The predicted octanol–water partition coefficient (Wildman–Crippen LogP) is 4.32. The number of hydrogen-bond acceptors (Lipinski definition) is 5. The highest BCUT2D eigenvalue weighted by Crippen LogP contribution is 2.22. The zero-order valence-electron chi connectivity index (χ0n) is 17.3. The van der Waals surface area contributed by atoms with Gasteiger partial charge in [-0.2, -0.15) is 0 Å². The molecule has 0 aliphatic heterocycles. The number of nitrogens with zero attached hydrogens (tertiary/aromatic N) is 1. The third kappa shape index (κ3) is 5.88. The van der Waals surface area contributed by atoms with E-state index in [4.69, 9.17) is 9.47 Å². The molecule has 0 bridgehead atoms. The Hall–Kier alpha value is -3.74.